The van der Waals surface area contributed by atoms with Crippen molar-refractivity contribution in [2.75, 3.05) is 25.5 Å². The van der Waals surface area contributed by atoms with Gasteiger partial charge in [-0.25, -0.2) is 9.59 Å². The van der Waals surface area contributed by atoms with Gasteiger partial charge < -0.3 is 19.4 Å². The van der Waals surface area contributed by atoms with E-state index in [1.54, 1.807) is 31.2 Å². The van der Waals surface area contributed by atoms with Crippen molar-refractivity contribution in [3.63, 3.8) is 0 Å². The minimum absolute atomic E-state index is 0.104. The predicted molar refractivity (Wildman–Crippen MR) is 110 cm³/mol. The van der Waals surface area contributed by atoms with Crippen LogP contribution in [0.5, 0.6) is 0 Å². The molecule has 1 unspecified atom stereocenters. The van der Waals surface area contributed by atoms with Gasteiger partial charge in [0.05, 0.1) is 30.6 Å². The zero-order valence-corrected chi connectivity index (χ0v) is 17.0. The summed E-state index contributed by atoms with van der Waals surface area (Å²) in [5.41, 5.74) is 0.925. The van der Waals surface area contributed by atoms with E-state index in [1.165, 1.54) is 22.3 Å². The largest absolute Gasteiger partial charge is 0.462 e. The molecule has 150 valence electrons. The first-order valence-corrected chi connectivity index (χ1v) is 10.3. The molecule has 2 N–H and O–H groups in total. The van der Waals surface area contributed by atoms with E-state index in [-0.39, 0.29) is 12.2 Å². The Bertz CT molecular complexity index is 1160. The van der Waals surface area contributed by atoms with Crippen molar-refractivity contribution >= 4 is 39.2 Å². The van der Waals surface area contributed by atoms with Gasteiger partial charge in [0.15, 0.2) is 0 Å². The van der Waals surface area contributed by atoms with E-state index in [0.717, 1.165) is 30.0 Å². The van der Waals surface area contributed by atoms with Crippen LogP contribution in [-0.2, 0) is 17.7 Å². The number of likely N-dealkylation sites (N-methyl/N-ethyl adjacent to an activating group) is 1. The van der Waals surface area contributed by atoms with Crippen LogP contribution in [0.15, 0.2) is 39.5 Å². The van der Waals surface area contributed by atoms with Gasteiger partial charge in [-0.1, -0.05) is 18.2 Å². The highest BCUT2D eigenvalue weighted by molar-refractivity contribution is 7.17. The summed E-state index contributed by atoms with van der Waals surface area (Å²) in [6, 6.07) is 8.50. The zero-order valence-electron chi connectivity index (χ0n) is 16.2. The van der Waals surface area contributed by atoms with Crippen LogP contribution in [0.3, 0.4) is 0 Å². The molecule has 3 aromatic rings. The maximum Gasteiger partial charge on any atom is 0.349 e. The molecule has 8 heteroatoms. The first-order chi connectivity index (χ1) is 14.0. The monoisotopic (exact) mass is 413 g/mol. The fraction of sp³-hybridized carbons (Fsp3) is 0.286. The summed E-state index contributed by atoms with van der Waals surface area (Å²) in [4.78, 5) is 40.1. The summed E-state index contributed by atoms with van der Waals surface area (Å²) in [6.07, 6.45) is 0.736. The number of esters is 1. The quantitative estimate of drug-likeness (QED) is 0.503. The van der Waals surface area contributed by atoms with Crippen molar-refractivity contribution in [3.05, 3.63) is 62.3 Å². The summed E-state index contributed by atoms with van der Waals surface area (Å²) in [5.74, 6) is -1.06. The number of nitrogens with one attached hydrogen (secondary N) is 2. The van der Waals surface area contributed by atoms with Gasteiger partial charge >= 0.3 is 11.6 Å². The SMILES string of the molecule is CCOC(=O)c1c(NC(=O)c2cc3ccccc3oc2=O)sc2c1CC[NH+](C)C2. The molecular weight excluding hydrogens is 392 g/mol. The predicted octanol–water partition coefficient (Wildman–Crippen LogP) is 1.85. The molecule has 0 radical (unpaired) electrons. The molecule has 0 spiro atoms. The molecule has 0 saturated heterocycles. The molecular formula is C21H21N2O5S+. The van der Waals surface area contributed by atoms with Crippen LogP contribution < -0.4 is 15.8 Å². The molecule has 1 atom stereocenters. The number of ether oxygens (including phenoxy) is 1. The molecule has 0 fully saturated rings. The second kappa shape index (κ2) is 7.81. The minimum atomic E-state index is -0.718. The maximum absolute atomic E-state index is 12.9. The minimum Gasteiger partial charge on any atom is -0.462 e. The van der Waals surface area contributed by atoms with Gasteiger partial charge in [0.25, 0.3) is 5.91 Å². The summed E-state index contributed by atoms with van der Waals surface area (Å²) in [6.45, 7) is 3.67. The molecule has 0 bridgehead atoms. The second-order valence-electron chi connectivity index (χ2n) is 7.00. The van der Waals surface area contributed by atoms with E-state index in [0.29, 0.717) is 21.5 Å². The van der Waals surface area contributed by atoms with Crippen molar-refractivity contribution < 1.29 is 23.6 Å². The molecule has 1 aromatic carbocycles. The van der Waals surface area contributed by atoms with Gasteiger partial charge in [-0.15, -0.1) is 11.3 Å². The summed E-state index contributed by atoms with van der Waals surface area (Å²) >= 11 is 1.37. The Kier molecular flexibility index (Phi) is 5.21. The number of para-hydroxylation sites is 1. The van der Waals surface area contributed by atoms with Crippen LogP contribution in [0.4, 0.5) is 5.00 Å². The third kappa shape index (κ3) is 3.68. The van der Waals surface area contributed by atoms with Crippen molar-refractivity contribution in [1.82, 2.24) is 0 Å². The molecule has 1 aliphatic heterocycles. The average Bonchev–Trinajstić information content (AvgIpc) is 3.04. The molecule has 4 rings (SSSR count). The van der Waals surface area contributed by atoms with Crippen LogP contribution >= 0.6 is 11.3 Å². The number of carbonyl (C=O) groups excluding carboxylic acids is 2. The second-order valence-corrected chi connectivity index (χ2v) is 8.11. The molecule has 3 heterocycles. The third-order valence-electron chi connectivity index (χ3n) is 4.95. The highest BCUT2D eigenvalue weighted by Gasteiger charge is 2.30. The first-order valence-electron chi connectivity index (χ1n) is 9.45. The number of rotatable bonds is 4. The molecule has 2 aromatic heterocycles. The number of thiophene rings is 1. The van der Waals surface area contributed by atoms with Gasteiger partial charge in [-0.05, 0) is 24.6 Å². The Balaban J connectivity index is 1.72. The fourth-order valence-electron chi connectivity index (χ4n) is 3.52. The van der Waals surface area contributed by atoms with Gasteiger partial charge in [0.2, 0.25) is 0 Å². The smallest absolute Gasteiger partial charge is 0.349 e. The Hall–Kier alpha value is -2.97. The van der Waals surface area contributed by atoms with Crippen LogP contribution in [0.2, 0.25) is 0 Å². The number of carbonyl (C=O) groups is 2. The van der Waals surface area contributed by atoms with Crippen LogP contribution in [-0.4, -0.2) is 32.1 Å². The zero-order chi connectivity index (χ0) is 20.5. The summed E-state index contributed by atoms with van der Waals surface area (Å²) in [7, 11) is 2.09. The van der Waals surface area contributed by atoms with Gasteiger partial charge in [0, 0.05) is 11.8 Å². The molecule has 0 aliphatic carbocycles. The normalized spacial score (nSPS) is 15.7. The number of anilines is 1. The number of amides is 1. The number of benzene rings is 1. The van der Waals surface area contributed by atoms with E-state index >= 15 is 0 Å². The number of hydrogen-bond donors (Lipinski definition) is 2. The summed E-state index contributed by atoms with van der Waals surface area (Å²) < 4.78 is 10.5. The van der Waals surface area contributed by atoms with Crippen LogP contribution in [0, 0.1) is 0 Å². The number of hydrogen-bond acceptors (Lipinski definition) is 6. The van der Waals surface area contributed by atoms with Crippen LogP contribution in [0.25, 0.3) is 11.0 Å². The summed E-state index contributed by atoms with van der Waals surface area (Å²) in [5, 5.41) is 3.82. The highest BCUT2D eigenvalue weighted by atomic mass is 32.1. The fourth-order valence-corrected chi connectivity index (χ4v) is 4.86. The van der Waals surface area contributed by atoms with E-state index in [2.05, 4.69) is 12.4 Å². The topological polar surface area (TPSA) is 90.0 Å². The van der Waals surface area contributed by atoms with E-state index in [1.807, 2.05) is 0 Å². The average molecular weight is 413 g/mol. The van der Waals surface area contributed by atoms with E-state index in [4.69, 9.17) is 9.15 Å². The highest BCUT2D eigenvalue weighted by Crippen LogP contribution is 2.35. The maximum atomic E-state index is 12.9. The Labute approximate surface area is 170 Å². The Morgan fingerprint density at radius 2 is 2.10 bits per heavy atom. The first kappa shape index (κ1) is 19.4. The third-order valence-corrected chi connectivity index (χ3v) is 6.09. The van der Waals surface area contributed by atoms with Crippen molar-refractivity contribution in [2.24, 2.45) is 0 Å². The lowest BCUT2D eigenvalue weighted by Crippen LogP contribution is -3.08. The van der Waals surface area contributed by atoms with Crippen molar-refractivity contribution in [2.45, 2.75) is 19.9 Å². The van der Waals surface area contributed by atoms with E-state index < -0.39 is 17.5 Å². The molecule has 0 saturated carbocycles. The van der Waals surface area contributed by atoms with Gasteiger partial charge in [-0.2, -0.15) is 0 Å². The molecule has 7 nitrogen and oxygen atoms in total. The van der Waals surface area contributed by atoms with E-state index in [9.17, 15) is 14.4 Å². The van der Waals surface area contributed by atoms with Crippen molar-refractivity contribution in [1.29, 1.82) is 0 Å². The lowest BCUT2D eigenvalue weighted by molar-refractivity contribution is -0.895. The number of fused-ring (bicyclic) bond motifs is 2. The van der Waals surface area contributed by atoms with Gasteiger partial charge in [-0.3, -0.25) is 4.79 Å². The lowest BCUT2D eigenvalue weighted by Gasteiger charge is -2.19. The molecule has 1 aliphatic rings. The van der Waals surface area contributed by atoms with Crippen LogP contribution in [0.1, 0.15) is 38.1 Å². The van der Waals surface area contributed by atoms with Gasteiger partial charge in [0.1, 0.15) is 22.7 Å². The standard InChI is InChI=1S/C21H20N2O5S/c1-3-27-21(26)17-13-8-9-23(2)11-16(13)29-19(17)22-18(24)14-10-12-6-4-5-7-15(12)28-20(14)25/h4-7,10H,3,8-9,11H2,1-2H3,(H,22,24)/p+1. The lowest BCUT2D eigenvalue weighted by atomic mass is 10.0. The Morgan fingerprint density at radius 1 is 1.31 bits per heavy atom. The molecule has 29 heavy (non-hydrogen) atoms. The molecule has 1 amide bonds. The Morgan fingerprint density at radius 3 is 2.90 bits per heavy atom. The van der Waals surface area contributed by atoms with Crippen molar-refractivity contribution in [3.8, 4) is 0 Å². The number of quaternary nitrogens is 1.